The van der Waals surface area contributed by atoms with Gasteiger partial charge in [-0.3, -0.25) is 0 Å². The summed E-state index contributed by atoms with van der Waals surface area (Å²) >= 11 is 1.68. The van der Waals surface area contributed by atoms with Crippen LogP contribution in [0.15, 0.2) is 55.1 Å². The monoisotopic (exact) mass is 476 g/mol. The Balaban J connectivity index is 0.000000618. The number of hydrogen-bond acceptors (Lipinski definition) is 6. The maximum atomic E-state index is 7.62. The lowest BCUT2D eigenvalue weighted by molar-refractivity contribution is 0.332. The first-order valence-corrected chi connectivity index (χ1v) is 12.9. The zero-order valence-corrected chi connectivity index (χ0v) is 21.9. The van der Waals surface area contributed by atoms with Gasteiger partial charge in [0.15, 0.2) is 5.13 Å². The van der Waals surface area contributed by atoms with Gasteiger partial charge in [-0.2, -0.15) is 10.4 Å². The zero-order valence-electron chi connectivity index (χ0n) is 21.1. The van der Waals surface area contributed by atoms with E-state index >= 15 is 0 Å². The van der Waals surface area contributed by atoms with Gasteiger partial charge in [0.1, 0.15) is 12.7 Å². The van der Waals surface area contributed by atoms with Gasteiger partial charge in [-0.05, 0) is 48.2 Å². The van der Waals surface area contributed by atoms with E-state index < -0.39 is 0 Å². The van der Waals surface area contributed by atoms with Crippen molar-refractivity contribution in [1.29, 1.82) is 5.26 Å². The van der Waals surface area contributed by atoms with E-state index in [1.165, 1.54) is 15.8 Å². The van der Waals surface area contributed by atoms with Crippen molar-refractivity contribution in [3.8, 4) is 6.07 Å². The van der Waals surface area contributed by atoms with Crippen LogP contribution in [-0.4, -0.2) is 19.7 Å². The quantitative estimate of drug-likeness (QED) is 0.293. The third-order valence-electron chi connectivity index (χ3n) is 5.42. The van der Waals surface area contributed by atoms with Gasteiger partial charge in [0.2, 0.25) is 0 Å². The molecule has 2 aromatic carbocycles. The Bertz CT molecular complexity index is 1140. The minimum atomic E-state index is 0.206. The first kappa shape index (κ1) is 27.0. The second kappa shape index (κ2) is 14.1. The second-order valence-corrected chi connectivity index (χ2v) is 8.68. The van der Waals surface area contributed by atoms with Crippen LogP contribution >= 0.6 is 11.3 Å². The summed E-state index contributed by atoms with van der Waals surface area (Å²) in [4.78, 5) is 8.84. The van der Waals surface area contributed by atoms with Crippen LogP contribution in [0.1, 0.15) is 71.0 Å². The molecule has 1 N–H and O–H groups in total. The van der Waals surface area contributed by atoms with Gasteiger partial charge in [0.25, 0.3) is 0 Å². The smallest absolute Gasteiger partial charge is 0.188 e. The maximum absolute atomic E-state index is 7.62. The summed E-state index contributed by atoms with van der Waals surface area (Å²) in [6.07, 6.45) is 6.26. The normalized spacial score (nSPS) is 11.1. The fourth-order valence-corrected chi connectivity index (χ4v) is 4.69. The summed E-state index contributed by atoms with van der Waals surface area (Å²) in [7, 11) is 0. The molecule has 4 rings (SSSR count). The highest BCUT2D eigenvalue weighted by Gasteiger charge is 2.23. The molecule has 4 aromatic rings. The Morgan fingerprint density at radius 3 is 2.29 bits per heavy atom. The lowest BCUT2D eigenvalue weighted by Gasteiger charge is -2.26. The van der Waals surface area contributed by atoms with Crippen molar-refractivity contribution in [3.63, 3.8) is 0 Å². The Labute approximate surface area is 207 Å². The van der Waals surface area contributed by atoms with E-state index in [9.17, 15) is 0 Å². The molecule has 2 aromatic heterocycles. The Morgan fingerprint density at radius 1 is 1.06 bits per heavy atom. The number of anilines is 2. The lowest BCUT2D eigenvalue weighted by atomic mass is 9.89. The van der Waals surface area contributed by atoms with Crippen LogP contribution in [0, 0.1) is 24.2 Å². The number of hydrogen-bond donors (Lipinski definition) is 1. The average molecular weight is 477 g/mol. The summed E-state index contributed by atoms with van der Waals surface area (Å²) in [6.45, 7) is 12.4. The van der Waals surface area contributed by atoms with Gasteiger partial charge in [0, 0.05) is 12.1 Å². The molecule has 0 fully saturated rings. The van der Waals surface area contributed by atoms with Gasteiger partial charge < -0.3 is 5.32 Å². The third kappa shape index (κ3) is 7.13. The molecule has 34 heavy (non-hydrogen) atoms. The summed E-state index contributed by atoms with van der Waals surface area (Å²) in [5, 5.41) is 16.4. The number of nitrogens with one attached hydrogen (secondary N) is 1. The average Bonchev–Trinajstić information content (AvgIpc) is 3.54. The molecule has 2 heterocycles. The highest BCUT2D eigenvalue weighted by Crippen LogP contribution is 2.33. The number of thiazole rings is 1. The molecule has 0 saturated heterocycles. The molecular formula is C27H36N6S. The van der Waals surface area contributed by atoms with Gasteiger partial charge in [-0.1, -0.05) is 77.0 Å². The molecule has 0 aliphatic carbocycles. The van der Waals surface area contributed by atoms with Crippen LogP contribution in [0.3, 0.4) is 0 Å². The van der Waals surface area contributed by atoms with E-state index in [1.54, 1.807) is 17.7 Å². The van der Waals surface area contributed by atoms with Crippen LogP contribution in [0.5, 0.6) is 0 Å². The molecule has 6 nitrogen and oxygen atoms in total. The predicted octanol–water partition coefficient (Wildman–Crippen LogP) is 7.91. The molecule has 0 saturated carbocycles. The molecule has 0 aliphatic rings. The molecule has 1 unspecified atom stereocenters. The van der Waals surface area contributed by atoms with Gasteiger partial charge in [-0.25, -0.2) is 14.6 Å². The molecule has 0 aliphatic heterocycles. The number of rotatable bonds is 7. The van der Waals surface area contributed by atoms with Crippen molar-refractivity contribution >= 4 is 32.4 Å². The van der Waals surface area contributed by atoms with E-state index in [4.69, 9.17) is 5.26 Å². The second-order valence-electron chi connectivity index (χ2n) is 7.65. The molecule has 0 radical (unpaired) electrons. The SMILES string of the molecule is CC.CCC#N.CCC(CC)C(c1ccc(Nc2nc3ccc(C)cc3s2)cc1)n1cncn1. The third-order valence-corrected chi connectivity index (χ3v) is 6.36. The first-order valence-electron chi connectivity index (χ1n) is 12.0. The van der Waals surface area contributed by atoms with Crippen LogP contribution in [-0.2, 0) is 0 Å². The van der Waals surface area contributed by atoms with Crippen molar-refractivity contribution in [2.45, 2.75) is 66.8 Å². The Hall–Kier alpha value is -3.24. The van der Waals surface area contributed by atoms with Gasteiger partial charge >= 0.3 is 0 Å². The highest BCUT2D eigenvalue weighted by atomic mass is 32.1. The summed E-state index contributed by atoms with van der Waals surface area (Å²) in [6, 6.07) is 17.1. The Morgan fingerprint density at radius 2 is 1.74 bits per heavy atom. The number of nitrogens with zero attached hydrogens (tertiary/aromatic N) is 5. The standard InChI is InChI=1S/C22H25N5S.C3H5N.C2H6/c1-4-16(5-2)21(27-14-23-13-24-27)17-7-9-18(10-8-17)25-22-26-19-11-6-15(3)12-20(19)28-22;1-2-3-4;1-2/h6-14,16,21H,4-5H2,1-3H3,(H,25,26);2H2,1H3;1-2H3. The molecule has 1 atom stereocenters. The zero-order chi connectivity index (χ0) is 24.9. The fourth-order valence-electron chi connectivity index (χ4n) is 3.71. The minimum absolute atomic E-state index is 0.206. The molecular weight excluding hydrogens is 440 g/mol. The van der Waals surface area contributed by atoms with Crippen molar-refractivity contribution < 1.29 is 0 Å². The molecule has 0 amide bonds. The lowest BCUT2D eigenvalue weighted by Crippen LogP contribution is -2.20. The van der Waals surface area contributed by atoms with Crippen LogP contribution in [0.25, 0.3) is 10.2 Å². The van der Waals surface area contributed by atoms with Crippen molar-refractivity contribution in [1.82, 2.24) is 19.7 Å². The van der Waals surface area contributed by atoms with Crippen molar-refractivity contribution in [2.75, 3.05) is 5.32 Å². The van der Waals surface area contributed by atoms with Crippen molar-refractivity contribution in [2.24, 2.45) is 5.92 Å². The molecule has 7 heteroatoms. The van der Waals surface area contributed by atoms with E-state index in [2.05, 4.69) is 83.6 Å². The van der Waals surface area contributed by atoms with Crippen LogP contribution in [0.4, 0.5) is 10.8 Å². The number of aryl methyl sites for hydroxylation is 1. The number of nitriles is 1. The Kier molecular flexibility index (Phi) is 11.2. The van der Waals surface area contributed by atoms with Gasteiger partial charge in [-0.15, -0.1) is 0 Å². The molecule has 180 valence electrons. The van der Waals surface area contributed by atoms with E-state index in [0.717, 1.165) is 29.2 Å². The highest BCUT2D eigenvalue weighted by molar-refractivity contribution is 7.22. The fraction of sp³-hybridized carbons (Fsp3) is 0.407. The van der Waals surface area contributed by atoms with Crippen LogP contribution < -0.4 is 5.32 Å². The number of fused-ring (bicyclic) bond motifs is 1. The van der Waals surface area contributed by atoms with Crippen molar-refractivity contribution in [3.05, 3.63) is 66.2 Å². The van der Waals surface area contributed by atoms with Crippen LogP contribution in [0.2, 0.25) is 0 Å². The topological polar surface area (TPSA) is 79.4 Å². The van der Waals surface area contributed by atoms with Gasteiger partial charge in [0.05, 0.1) is 22.3 Å². The number of aromatic nitrogens is 4. The predicted molar refractivity (Wildman–Crippen MR) is 144 cm³/mol. The summed E-state index contributed by atoms with van der Waals surface area (Å²) in [5.74, 6) is 0.521. The minimum Gasteiger partial charge on any atom is -0.332 e. The first-order chi connectivity index (χ1) is 16.6. The largest absolute Gasteiger partial charge is 0.332 e. The van der Waals surface area contributed by atoms with E-state index in [-0.39, 0.29) is 6.04 Å². The molecule has 0 spiro atoms. The molecule has 0 bridgehead atoms. The number of benzene rings is 2. The van der Waals surface area contributed by atoms with E-state index in [1.807, 2.05) is 37.8 Å². The van der Waals surface area contributed by atoms with E-state index in [0.29, 0.717) is 12.3 Å². The maximum Gasteiger partial charge on any atom is 0.188 e. The summed E-state index contributed by atoms with van der Waals surface area (Å²) in [5.41, 5.74) is 4.59. The summed E-state index contributed by atoms with van der Waals surface area (Å²) < 4.78 is 3.19.